The standard InChI is InChI=1S/C14H14N2O2/c1-2-18-14(17)11-8-9-13(15-10-11)16-12-6-4-3-5-7-12/h3-10H,2H2,1H3,(H,15,16). The van der Waals surface area contributed by atoms with E-state index in [9.17, 15) is 4.79 Å². The van der Waals surface area contributed by atoms with Crippen LogP contribution < -0.4 is 5.32 Å². The number of nitrogens with zero attached hydrogens (tertiary/aromatic N) is 1. The van der Waals surface area contributed by atoms with Gasteiger partial charge in [-0.1, -0.05) is 18.2 Å². The Kier molecular flexibility index (Phi) is 3.91. The van der Waals surface area contributed by atoms with Crippen molar-refractivity contribution >= 4 is 17.5 Å². The van der Waals surface area contributed by atoms with Gasteiger partial charge in [0, 0.05) is 11.9 Å². The van der Waals surface area contributed by atoms with Gasteiger partial charge >= 0.3 is 5.97 Å². The molecule has 18 heavy (non-hydrogen) atoms. The van der Waals surface area contributed by atoms with Crippen molar-refractivity contribution in [2.75, 3.05) is 11.9 Å². The second kappa shape index (κ2) is 5.82. The smallest absolute Gasteiger partial charge is 0.339 e. The van der Waals surface area contributed by atoms with Crippen LogP contribution in [0.3, 0.4) is 0 Å². The van der Waals surface area contributed by atoms with Crippen molar-refractivity contribution in [1.29, 1.82) is 0 Å². The fraction of sp³-hybridized carbons (Fsp3) is 0.143. The maximum atomic E-state index is 11.4. The molecule has 0 saturated carbocycles. The van der Waals surface area contributed by atoms with Crippen molar-refractivity contribution in [3.63, 3.8) is 0 Å². The highest BCUT2D eigenvalue weighted by Crippen LogP contribution is 2.14. The summed E-state index contributed by atoms with van der Waals surface area (Å²) in [5.41, 5.74) is 1.41. The van der Waals surface area contributed by atoms with Gasteiger partial charge in [-0.3, -0.25) is 0 Å². The van der Waals surface area contributed by atoms with Crippen LogP contribution in [0.15, 0.2) is 48.7 Å². The number of carbonyl (C=O) groups is 1. The molecule has 0 atom stereocenters. The fourth-order valence-electron chi connectivity index (χ4n) is 1.47. The molecule has 2 rings (SSSR count). The fourth-order valence-corrected chi connectivity index (χ4v) is 1.47. The molecule has 0 unspecified atom stereocenters. The summed E-state index contributed by atoms with van der Waals surface area (Å²) >= 11 is 0. The number of carbonyl (C=O) groups excluding carboxylic acids is 1. The van der Waals surface area contributed by atoms with Gasteiger partial charge in [0.1, 0.15) is 5.82 Å². The first kappa shape index (κ1) is 12.1. The van der Waals surface area contributed by atoms with E-state index < -0.39 is 0 Å². The largest absolute Gasteiger partial charge is 0.462 e. The van der Waals surface area contributed by atoms with E-state index in [1.807, 2.05) is 30.3 Å². The normalized spacial score (nSPS) is 9.83. The molecule has 0 saturated heterocycles. The van der Waals surface area contributed by atoms with E-state index >= 15 is 0 Å². The molecule has 0 radical (unpaired) electrons. The molecule has 1 aromatic carbocycles. The third-order valence-corrected chi connectivity index (χ3v) is 2.32. The zero-order valence-corrected chi connectivity index (χ0v) is 10.1. The van der Waals surface area contributed by atoms with Gasteiger partial charge in [-0.15, -0.1) is 0 Å². The van der Waals surface area contributed by atoms with Crippen molar-refractivity contribution in [3.8, 4) is 0 Å². The average molecular weight is 242 g/mol. The van der Waals surface area contributed by atoms with Crippen molar-refractivity contribution in [2.45, 2.75) is 6.92 Å². The van der Waals surface area contributed by atoms with Crippen LogP contribution in [0.5, 0.6) is 0 Å². The van der Waals surface area contributed by atoms with E-state index in [0.29, 0.717) is 18.0 Å². The molecule has 0 bridgehead atoms. The van der Waals surface area contributed by atoms with Crippen LogP contribution in [-0.4, -0.2) is 17.6 Å². The summed E-state index contributed by atoms with van der Waals surface area (Å²) < 4.78 is 4.89. The summed E-state index contributed by atoms with van der Waals surface area (Å²) in [6.45, 7) is 2.14. The molecule has 2 aromatic rings. The lowest BCUT2D eigenvalue weighted by molar-refractivity contribution is 0.0526. The Morgan fingerprint density at radius 1 is 1.22 bits per heavy atom. The van der Waals surface area contributed by atoms with E-state index in [-0.39, 0.29) is 5.97 Å². The minimum atomic E-state index is -0.351. The Morgan fingerprint density at radius 2 is 2.00 bits per heavy atom. The minimum Gasteiger partial charge on any atom is -0.462 e. The molecule has 0 fully saturated rings. The zero-order valence-electron chi connectivity index (χ0n) is 10.1. The molecule has 0 aliphatic rings. The average Bonchev–Trinajstić information content (AvgIpc) is 2.41. The number of esters is 1. The minimum absolute atomic E-state index is 0.351. The van der Waals surface area contributed by atoms with E-state index in [1.165, 1.54) is 6.20 Å². The number of anilines is 2. The van der Waals surface area contributed by atoms with Crippen LogP contribution >= 0.6 is 0 Å². The molecule has 0 spiro atoms. The number of hydrogen-bond acceptors (Lipinski definition) is 4. The van der Waals surface area contributed by atoms with E-state index in [1.54, 1.807) is 19.1 Å². The lowest BCUT2D eigenvalue weighted by atomic mass is 10.3. The van der Waals surface area contributed by atoms with Crippen LogP contribution in [0.4, 0.5) is 11.5 Å². The number of rotatable bonds is 4. The van der Waals surface area contributed by atoms with Gasteiger partial charge in [0.15, 0.2) is 0 Å². The Bertz CT molecular complexity index is 509. The molecule has 0 amide bonds. The predicted octanol–water partition coefficient (Wildman–Crippen LogP) is 3.00. The number of aromatic nitrogens is 1. The molecule has 4 nitrogen and oxygen atoms in total. The first-order valence-electron chi connectivity index (χ1n) is 5.75. The van der Waals surface area contributed by atoms with Crippen molar-refractivity contribution in [2.24, 2.45) is 0 Å². The van der Waals surface area contributed by atoms with E-state index in [0.717, 1.165) is 5.69 Å². The Morgan fingerprint density at radius 3 is 2.61 bits per heavy atom. The maximum Gasteiger partial charge on any atom is 0.339 e. The molecule has 1 heterocycles. The summed E-state index contributed by atoms with van der Waals surface area (Å²) in [6, 6.07) is 13.2. The highest BCUT2D eigenvalue weighted by atomic mass is 16.5. The number of nitrogens with one attached hydrogen (secondary N) is 1. The second-order valence-electron chi connectivity index (χ2n) is 3.64. The molecular formula is C14H14N2O2. The Labute approximate surface area is 106 Å². The summed E-state index contributed by atoms with van der Waals surface area (Å²) in [4.78, 5) is 15.6. The highest BCUT2D eigenvalue weighted by molar-refractivity contribution is 5.89. The number of ether oxygens (including phenoxy) is 1. The van der Waals surface area contributed by atoms with Gasteiger partial charge < -0.3 is 10.1 Å². The van der Waals surface area contributed by atoms with Crippen molar-refractivity contribution < 1.29 is 9.53 Å². The van der Waals surface area contributed by atoms with E-state index in [4.69, 9.17) is 4.74 Å². The number of pyridine rings is 1. The lowest BCUT2D eigenvalue weighted by Gasteiger charge is -2.06. The topological polar surface area (TPSA) is 51.2 Å². The van der Waals surface area contributed by atoms with Crippen LogP contribution in [0.1, 0.15) is 17.3 Å². The Hall–Kier alpha value is -2.36. The van der Waals surface area contributed by atoms with Gasteiger partial charge in [-0.25, -0.2) is 9.78 Å². The van der Waals surface area contributed by atoms with Crippen LogP contribution in [0, 0.1) is 0 Å². The predicted molar refractivity (Wildman–Crippen MR) is 69.9 cm³/mol. The van der Waals surface area contributed by atoms with Gasteiger partial charge in [0.05, 0.1) is 12.2 Å². The lowest BCUT2D eigenvalue weighted by Crippen LogP contribution is -2.05. The SMILES string of the molecule is CCOC(=O)c1ccc(Nc2ccccc2)nc1. The molecular weight excluding hydrogens is 228 g/mol. The maximum absolute atomic E-state index is 11.4. The third kappa shape index (κ3) is 3.07. The summed E-state index contributed by atoms with van der Waals surface area (Å²) in [7, 11) is 0. The molecule has 0 aliphatic heterocycles. The van der Waals surface area contributed by atoms with Crippen LogP contribution in [-0.2, 0) is 4.74 Å². The third-order valence-electron chi connectivity index (χ3n) is 2.32. The molecule has 1 N–H and O–H groups in total. The summed E-state index contributed by atoms with van der Waals surface area (Å²) in [6.07, 6.45) is 1.50. The zero-order chi connectivity index (χ0) is 12.8. The first-order chi connectivity index (χ1) is 8.79. The number of para-hydroxylation sites is 1. The second-order valence-corrected chi connectivity index (χ2v) is 3.64. The first-order valence-corrected chi connectivity index (χ1v) is 5.75. The van der Waals surface area contributed by atoms with Gasteiger partial charge in [-0.05, 0) is 31.2 Å². The van der Waals surface area contributed by atoms with Crippen LogP contribution in [0.25, 0.3) is 0 Å². The van der Waals surface area contributed by atoms with Crippen molar-refractivity contribution in [1.82, 2.24) is 4.98 Å². The summed E-state index contributed by atoms with van der Waals surface area (Å²) in [5, 5.41) is 3.14. The van der Waals surface area contributed by atoms with E-state index in [2.05, 4.69) is 10.3 Å². The van der Waals surface area contributed by atoms with Gasteiger partial charge in [-0.2, -0.15) is 0 Å². The summed E-state index contributed by atoms with van der Waals surface area (Å²) in [5.74, 6) is 0.338. The van der Waals surface area contributed by atoms with Gasteiger partial charge in [0.25, 0.3) is 0 Å². The van der Waals surface area contributed by atoms with Crippen molar-refractivity contribution in [3.05, 3.63) is 54.2 Å². The quantitative estimate of drug-likeness (QED) is 0.837. The molecule has 1 aromatic heterocycles. The van der Waals surface area contributed by atoms with Crippen LogP contribution in [0.2, 0.25) is 0 Å². The molecule has 4 heteroatoms. The number of benzene rings is 1. The molecule has 0 aliphatic carbocycles. The monoisotopic (exact) mass is 242 g/mol. The highest BCUT2D eigenvalue weighted by Gasteiger charge is 2.06. The number of hydrogen-bond donors (Lipinski definition) is 1. The molecule has 92 valence electrons. The van der Waals surface area contributed by atoms with Gasteiger partial charge in [0.2, 0.25) is 0 Å². The Balaban J connectivity index is 2.06.